The predicted molar refractivity (Wildman–Crippen MR) is 122 cm³/mol. The second kappa shape index (κ2) is 8.92. The first-order valence-corrected chi connectivity index (χ1v) is 11.7. The number of hydrogen-bond donors (Lipinski definition) is 2. The first-order valence-electron chi connectivity index (χ1n) is 10.2. The first-order chi connectivity index (χ1) is 15.3. The lowest BCUT2D eigenvalue weighted by atomic mass is 10.1. The maximum absolute atomic E-state index is 12.7. The molecule has 3 aromatic rings. The van der Waals surface area contributed by atoms with Gasteiger partial charge in [0.05, 0.1) is 17.1 Å². The molecule has 0 bridgehead atoms. The average molecular weight is 453 g/mol. The van der Waals surface area contributed by atoms with E-state index >= 15 is 0 Å². The van der Waals surface area contributed by atoms with Crippen LogP contribution in [-0.2, 0) is 10.0 Å². The van der Waals surface area contributed by atoms with E-state index in [1.165, 1.54) is 6.07 Å². The number of carbonyl (C=O) groups excluding carboxylic acids is 1. The molecule has 7 nitrogen and oxygen atoms in total. The highest BCUT2D eigenvalue weighted by Gasteiger charge is 2.22. The van der Waals surface area contributed by atoms with Crippen molar-refractivity contribution < 1.29 is 22.7 Å². The van der Waals surface area contributed by atoms with Crippen molar-refractivity contribution in [2.75, 3.05) is 17.9 Å². The van der Waals surface area contributed by atoms with Gasteiger partial charge in [-0.25, -0.2) is 8.42 Å². The number of carbonyl (C=O) groups is 1. The van der Waals surface area contributed by atoms with Crippen LogP contribution in [0.3, 0.4) is 0 Å². The minimum Gasteiger partial charge on any atom is -0.486 e. The molecule has 0 spiro atoms. The number of fused-ring (bicyclic) bond motifs is 1. The van der Waals surface area contributed by atoms with Crippen molar-refractivity contribution >= 4 is 21.6 Å². The van der Waals surface area contributed by atoms with Crippen LogP contribution in [0.25, 0.3) is 0 Å². The molecule has 0 saturated heterocycles. The van der Waals surface area contributed by atoms with E-state index < -0.39 is 10.0 Å². The molecular formula is C24H24N2O5S. The van der Waals surface area contributed by atoms with Crippen molar-refractivity contribution in [3.05, 3.63) is 83.4 Å². The molecule has 8 heteroatoms. The fourth-order valence-electron chi connectivity index (χ4n) is 3.27. The minimum absolute atomic E-state index is 0.159. The molecule has 2 N–H and O–H groups in total. The second-order valence-electron chi connectivity index (χ2n) is 7.66. The fourth-order valence-corrected chi connectivity index (χ4v) is 4.39. The predicted octanol–water partition coefficient (Wildman–Crippen LogP) is 3.67. The Kier molecular flexibility index (Phi) is 6.05. The van der Waals surface area contributed by atoms with Gasteiger partial charge in [0.2, 0.25) is 0 Å². The molecular weight excluding hydrogens is 428 g/mol. The molecule has 1 amide bonds. The highest BCUT2D eigenvalue weighted by atomic mass is 32.2. The summed E-state index contributed by atoms with van der Waals surface area (Å²) < 4.78 is 39.6. The summed E-state index contributed by atoms with van der Waals surface area (Å²) in [6.07, 6.45) is -0.321. The quantitative estimate of drug-likeness (QED) is 0.595. The monoisotopic (exact) mass is 452 g/mol. The summed E-state index contributed by atoms with van der Waals surface area (Å²) in [5.41, 5.74) is 2.37. The number of anilines is 1. The summed E-state index contributed by atoms with van der Waals surface area (Å²) in [7, 11) is -3.77. The number of aryl methyl sites for hydroxylation is 2. The summed E-state index contributed by atoms with van der Waals surface area (Å²) in [5, 5.41) is 2.83. The largest absolute Gasteiger partial charge is 0.486 e. The summed E-state index contributed by atoms with van der Waals surface area (Å²) in [4.78, 5) is 12.8. The molecule has 0 radical (unpaired) electrons. The van der Waals surface area contributed by atoms with E-state index in [1.54, 1.807) is 43.3 Å². The van der Waals surface area contributed by atoms with Gasteiger partial charge in [0, 0.05) is 5.56 Å². The Morgan fingerprint density at radius 2 is 1.72 bits per heavy atom. The maximum Gasteiger partial charge on any atom is 0.261 e. The van der Waals surface area contributed by atoms with Crippen LogP contribution < -0.4 is 19.5 Å². The van der Waals surface area contributed by atoms with E-state index in [1.807, 2.05) is 31.2 Å². The van der Waals surface area contributed by atoms with Gasteiger partial charge in [-0.15, -0.1) is 0 Å². The second-order valence-corrected chi connectivity index (χ2v) is 9.34. The Morgan fingerprint density at radius 3 is 2.47 bits per heavy atom. The molecule has 0 saturated carbocycles. The van der Waals surface area contributed by atoms with Crippen LogP contribution in [0.4, 0.5) is 5.69 Å². The third-order valence-electron chi connectivity index (χ3n) is 5.13. The molecule has 1 heterocycles. The number of nitrogens with one attached hydrogen (secondary N) is 2. The lowest BCUT2D eigenvalue weighted by Crippen LogP contribution is -2.40. The lowest BCUT2D eigenvalue weighted by Gasteiger charge is -2.26. The number of hydrogen-bond acceptors (Lipinski definition) is 5. The fraction of sp³-hybridized carbons (Fsp3) is 0.208. The smallest absolute Gasteiger partial charge is 0.261 e. The molecule has 166 valence electrons. The zero-order valence-corrected chi connectivity index (χ0v) is 18.6. The maximum atomic E-state index is 12.7. The number of amides is 1. The van der Waals surface area contributed by atoms with Crippen LogP contribution in [0.15, 0.2) is 71.6 Å². The zero-order valence-electron chi connectivity index (χ0n) is 17.8. The van der Waals surface area contributed by atoms with Gasteiger partial charge in [0.25, 0.3) is 15.9 Å². The summed E-state index contributed by atoms with van der Waals surface area (Å²) in [6, 6.07) is 18.8. The molecule has 1 aliphatic rings. The molecule has 4 rings (SSSR count). The van der Waals surface area contributed by atoms with Crippen LogP contribution in [0.1, 0.15) is 21.5 Å². The molecule has 0 aromatic heterocycles. The Morgan fingerprint density at radius 1 is 1.00 bits per heavy atom. The first kappa shape index (κ1) is 21.7. The van der Waals surface area contributed by atoms with Crippen molar-refractivity contribution in [2.45, 2.75) is 24.8 Å². The number of ether oxygens (including phenoxy) is 2. The number of para-hydroxylation sites is 2. The van der Waals surface area contributed by atoms with Crippen molar-refractivity contribution in [2.24, 2.45) is 0 Å². The van der Waals surface area contributed by atoms with Crippen molar-refractivity contribution in [3.63, 3.8) is 0 Å². The molecule has 1 unspecified atom stereocenters. The van der Waals surface area contributed by atoms with Gasteiger partial charge in [-0.2, -0.15) is 0 Å². The average Bonchev–Trinajstić information content (AvgIpc) is 2.79. The molecule has 0 aliphatic carbocycles. The van der Waals surface area contributed by atoms with Gasteiger partial charge in [0.1, 0.15) is 12.7 Å². The van der Waals surface area contributed by atoms with Gasteiger partial charge in [-0.1, -0.05) is 35.9 Å². The molecule has 32 heavy (non-hydrogen) atoms. The van der Waals surface area contributed by atoms with Gasteiger partial charge in [-0.3, -0.25) is 9.52 Å². The van der Waals surface area contributed by atoms with Crippen LogP contribution in [0, 0.1) is 13.8 Å². The van der Waals surface area contributed by atoms with E-state index in [9.17, 15) is 13.2 Å². The van der Waals surface area contributed by atoms with E-state index in [0.717, 1.165) is 5.56 Å². The summed E-state index contributed by atoms with van der Waals surface area (Å²) in [6.45, 7) is 4.25. The molecule has 1 aliphatic heterocycles. The topological polar surface area (TPSA) is 93.7 Å². The zero-order chi connectivity index (χ0) is 22.7. The van der Waals surface area contributed by atoms with E-state index in [-0.39, 0.29) is 23.5 Å². The van der Waals surface area contributed by atoms with E-state index in [2.05, 4.69) is 10.0 Å². The van der Waals surface area contributed by atoms with Crippen molar-refractivity contribution in [1.29, 1.82) is 0 Å². The SMILES string of the molecule is Cc1ccc(S(=O)(=O)Nc2cc(C(=O)NCC3COc4ccccc4O3)ccc2C)cc1. The summed E-state index contributed by atoms with van der Waals surface area (Å²) in [5.74, 6) is 0.989. The third-order valence-corrected chi connectivity index (χ3v) is 6.51. The number of sulfonamides is 1. The van der Waals surface area contributed by atoms with Gasteiger partial charge >= 0.3 is 0 Å². The third kappa shape index (κ3) is 4.86. The van der Waals surface area contributed by atoms with Crippen molar-refractivity contribution in [1.82, 2.24) is 5.32 Å². The van der Waals surface area contributed by atoms with E-state index in [4.69, 9.17) is 9.47 Å². The van der Waals surface area contributed by atoms with Crippen molar-refractivity contribution in [3.8, 4) is 11.5 Å². The summed E-state index contributed by atoms with van der Waals surface area (Å²) >= 11 is 0. The molecule has 0 fully saturated rings. The Bertz CT molecular complexity index is 1240. The van der Waals surface area contributed by atoms with Crippen LogP contribution in [0.5, 0.6) is 11.5 Å². The minimum atomic E-state index is -3.77. The molecule has 3 aromatic carbocycles. The highest BCUT2D eigenvalue weighted by Crippen LogP contribution is 2.30. The van der Waals surface area contributed by atoms with Crippen LogP contribution >= 0.6 is 0 Å². The standard InChI is InChI=1S/C24H24N2O5S/c1-16-7-11-20(12-8-16)32(28,29)26-21-13-18(10-9-17(21)2)24(27)25-14-19-15-30-22-5-3-4-6-23(22)31-19/h3-13,19,26H,14-15H2,1-2H3,(H,25,27). The Hall–Kier alpha value is -3.52. The van der Waals surface area contributed by atoms with Gasteiger partial charge < -0.3 is 14.8 Å². The lowest BCUT2D eigenvalue weighted by molar-refractivity contribution is 0.0789. The number of rotatable bonds is 6. The Labute approximate surface area is 187 Å². The molecule has 1 atom stereocenters. The highest BCUT2D eigenvalue weighted by molar-refractivity contribution is 7.92. The van der Waals surface area contributed by atoms with E-state index in [0.29, 0.717) is 34.9 Å². The van der Waals surface area contributed by atoms with Crippen LogP contribution in [0.2, 0.25) is 0 Å². The normalized spacial score (nSPS) is 15.1. The van der Waals surface area contributed by atoms with Gasteiger partial charge in [-0.05, 0) is 55.8 Å². The number of benzene rings is 3. The Balaban J connectivity index is 1.43. The van der Waals surface area contributed by atoms with Gasteiger partial charge in [0.15, 0.2) is 11.5 Å². The van der Waals surface area contributed by atoms with Crippen LogP contribution in [-0.4, -0.2) is 33.6 Å².